The normalized spacial score (nSPS) is 14.8. The van der Waals surface area contributed by atoms with E-state index in [0.29, 0.717) is 43.3 Å². The zero-order valence-corrected chi connectivity index (χ0v) is 21.6. The van der Waals surface area contributed by atoms with Gasteiger partial charge in [0.05, 0.1) is 51.1 Å². The van der Waals surface area contributed by atoms with Crippen molar-refractivity contribution in [2.45, 2.75) is 26.4 Å². The van der Waals surface area contributed by atoms with Crippen LogP contribution in [0.4, 0.5) is 26.1 Å². The Balaban J connectivity index is 1.40. The molecule has 0 amide bonds. The lowest BCUT2D eigenvalue weighted by molar-refractivity contribution is 0.0340. The zero-order chi connectivity index (χ0) is 27.3. The van der Waals surface area contributed by atoms with Crippen LogP contribution in [0.3, 0.4) is 0 Å². The number of halogens is 2. The van der Waals surface area contributed by atoms with E-state index in [9.17, 15) is 19.0 Å². The molecule has 1 aliphatic rings. The Hall–Kier alpha value is -3.70. The van der Waals surface area contributed by atoms with Crippen molar-refractivity contribution in [3.05, 3.63) is 59.4 Å². The van der Waals surface area contributed by atoms with Gasteiger partial charge in [0.2, 0.25) is 5.95 Å². The lowest BCUT2D eigenvalue weighted by atomic mass is 9.80. The molecule has 9 nitrogen and oxygen atoms in total. The van der Waals surface area contributed by atoms with E-state index in [2.05, 4.69) is 20.2 Å². The van der Waals surface area contributed by atoms with Crippen molar-refractivity contribution >= 4 is 17.3 Å². The third kappa shape index (κ3) is 5.73. The smallest absolute Gasteiger partial charge is 0.227 e. The molecule has 0 unspecified atom stereocenters. The fourth-order valence-corrected chi connectivity index (χ4v) is 4.43. The van der Waals surface area contributed by atoms with Crippen molar-refractivity contribution in [1.82, 2.24) is 9.97 Å². The van der Waals surface area contributed by atoms with Gasteiger partial charge in [-0.3, -0.25) is 0 Å². The van der Waals surface area contributed by atoms with Gasteiger partial charge in [0, 0.05) is 30.3 Å². The van der Waals surface area contributed by atoms with E-state index in [0.717, 1.165) is 5.69 Å². The van der Waals surface area contributed by atoms with Crippen molar-refractivity contribution in [3.8, 4) is 17.2 Å². The highest BCUT2D eigenvalue weighted by molar-refractivity contribution is 5.67. The van der Waals surface area contributed by atoms with Gasteiger partial charge in [-0.15, -0.1) is 0 Å². The highest BCUT2D eigenvalue weighted by atomic mass is 19.1. The molecule has 0 radical (unpaired) electrons. The summed E-state index contributed by atoms with van der Waals surface area (Å²) in [5, 5.41) is 22.4. The van der Waals surface area contributed by atoms with Crippen molar-refractivity contribution in [2.24, 2.45) is 5.41 Å². The minimum Gasteiger partial charge on any atom is -0.495 e. The van der Waals surface area contributed by atoms with Crippen molar-refractivity contribution in [3.63, 3.8) is 0 Å². The van der Waals surface area contributed by atoms with E-state index in [4.69, 9.17) is 14.2 Å². The Morgan fingerprint density at radius 1 is 0.974 bits per heavy atom. The van der Waals surface area contributed by atoms with Crippen LogP contribution in [0.2, 0.25) is 0 Å². The van der Waals surface area contributed by atoms with E-state index < -0.39 is 17.0 Å². The number of hydrogen-bond acceptors (Lipinski definition) is 9. The second-order valence-electron chi connectivity index (χ2n) is 9.35. The summed E-state index contributed by atoms with van der Waals surface area (Å²) < 4.78 is 45.0. The molecule has 0 aliphatic carbocycles. The van der Waals surface area contributed by atoms with Crippen molar-refractivity contribution in [2.75, 3.05) is 50.7 Å². The zero-order valence-electron chi connectivity index (χ0n) is 21.6. The van der Waals surface area contributed by atoms with Crippen LogP contribution in [0.25, 0.3) is 0 Å². The van der Waals surface area contributed by atoms with E-state index >= 15 is 0 Å². The molecular weight excluding hydrogens is 498 g/mol. The topological polar surface area (TPSA) is 109 Å². The van der Waals surface area contributed by atoms with Crippen LogP contribution >= 0.6 is 0 Å². The molecule has 1 aliphatic heterocycles. The Bertz CT molecular complexity index is 1250. The first-order valence-electron chi connectivity index (χ1n) is 12.2. The van der Waals surface area contributed by atoms with Crippen LogP contribution in [0.15, 0.2) is 36.7 Å². The number of piperidine rings is 1. The summed E-state index contributed by atoms with van der Waals surface area (Å²) in [5.41, 5.74) is 1.20. The highest BCUT2D eigenvalue weighted by Crippen LogP contribution is 2.38. The van der Waals surface area contributed by atoms with E-state index in [1.165, 1.54) is 32.5 Å². The minimum atomic E-state index is -0.808. The van der Waals surface area contributed by atoms with Gasteiger partial charge in [0.15, 0.2) is 17.3 Å². The molecule has 0 saturated carbocycles. The van der Waals surface area contributed by atoms with E-state index in [-0.39, 0.29) is 42.4 Å². The summed E-state index contributed by atoms with van der Waals surface area (Å²) in [7, 11) is 2.91. The molecule has 38 heavy (non-hydrogen) atoms. The molecular formula is C27H32F2N4O5. The van der Waals surface area contributed by atoms with Crippen LogP contribution in [-0.4, -0.2) is 60.7 Å². The second-order valence-corrected chi connectivity index (χ2v) is 9.35. The number of hydrogen-bond donors (Lipinski definition) is 3. The molecule has 204 valence electrons. The molecule has 3 aromatic rings. The van der Waals surface area contributed by atoms with Gasteiger partial charge in [-0.05, 0) is 43.5 Å². The first-order valence-corrected chi connectivity index (χ1v) is 12.2. The van der Waals surface area contributed by atoms with Crippen molar-refractivity contribution in [1.29, 1.82) is 0 Å². The van der Waals surface area contributed by atoms with E-state index in [1.807, 2.05) is 18.2 Å². The summed E-state index contributed by atoms with van der Waals surface area (Å²) in [6.07, 6.45) is 4.18. The molecule has 1 aromatic heterocycles. The molecule has 11 heteroatoms. The molecule has 2 heterocycles. The molecule has 0 spiro atoms. The molecule has 4 rings (SSSR count). The monoisotopic (exact) mass is 530 g/mol. The number of aromatic nitrogens is 2. The Labute approximate surface area is 220 Å². The number of anilines is 3. The number of nitrogens with one attached hydrogen (secondary N) is 1. The summed E-state index contributed by atoms with van der Waals surface area (Å²) in [6, 6.07) is 6.94. The van der Waals surface area contributed by atoms with Gasteiger partial charge in [-0.25, -0.2) is 18.7 Å². The van der Waals surface area contributed by atoms with Gasteiger partial charge >= 0.3 is 0 Å². The number of ether oxygens (including phenoxy) is 3. The lowest BCUT2D eigenvalue weighted by Gasteiger charge is -2.40. The number of aryl methyl sites for hydroxylation is 1. The largest absolute Gasteiger partial charge is 0.495 e. The SMILES string of the molecule is COc1cc(Nc2ncc(OCc3c(F)c(C)cc(OC)c3F)cn2)ccc1N1CCC(CO)(CO)CC1. The molecule has 1 fully saturated rings. The number of methoxy groups -OCH3 is 2. The van der Waals surface area contributed by atoms with Crippen molar-refractivity contribution < 1.29 is 33.2 Å². The van der Waals surface area contributed by atoms with Crippen LogP contribution in [0.5, 0.6) is 17.2 Å². The summed E-state index contributed by atoms with van der Waals surface area (Å²) in [5.74, 6) is -0.343. The summed E-state index contributed by atoms with van der Waals surface area (Å²) >= 11 is 0. The molecule has 1 saturated heterocycles. The Morgan fingerprint density at radius 2 is 1.63 bits per heavy atom. The Morgan fingerprint density at radius 3 is 2.24 bits per heavy atom. The fourth-order valence-electron chi connectivity index (χ4n) is 4.43. The first-order chi connectivity index (χ1) is 18.3. The number of benzene rings is 2. The predicted octanol–water partition coefficient (Wildman–Crippen LogP) is 3.97. The number of aliphatic hydroxyl groups is 2. The van der Waals surface area contributed by atoms with Crippen LogP contribution < -0.4 is 24.4 Å². The first kappa shape index (κ1) is 27.3. The maximum Gasteiger partial charge on any atom is 0.227 e. The molecule has 0 bridgehead atoms. The van der Waals surface area contributed by atoms with E-state index in [1.54, 1.807) is 7.11 Å². The maximum absolute atomic E-state index is 14.5. The Kier molecular flexibility index (Phi) is 8.48. The van der Waals surface area contributed by atoms with Gasteiger partial charge in [-0.1, -0.05) is 0 Å². The average Bonchev–Trinajstić information content (AvgIpc) is 2.95. The number of nitrogens with zero attached hydrogens (tertiary/aromatic N) is 3. The third-order valence-electron chi connectivity index (χ3n) is 6.94. The molecule has 3 N–H and O–H groups in total. The summed E-state index contributed by atoms with van der Waals surface area (Å²) in [6.45, 7) is 2.50. The molecule has 0 atom stereocenters. The lowest BCUT2D eigenvalue weighted by Crippen LogP contribution is -2.44. The summed E-state index contributed by atoms with van der Waals surface area (Å²) in [4.78, 5) is 10.6. The maximum atomic E-state index is 14.5. The quantitative estimate of drug-likeness (QED) is 0.359. The minimum absolute atomic E-state index is 0.0321. The van der Waals surface area contributed by atoms with Crippen LogP contribution in [0.1, 0.15) is 24.0 Å². The fraction of sp³-hybridized carbons (Fsp3) is 0.407. The van der Waals surface area contributed by atoms with Crippen LogP contribution in [0, 0.1) is 24.0 Å². The van der Waals surface area contributed by atoms with Gasteiger partial charge in [-0.2, -0.15) is 0 Å². The highest BCUT2D eigenvalue weighted by Gasteiger charge is 2.34. The van der Waals surface area contributed by atoms with Gasteiger partial charge in [0.25, 0.3) is 0 Å². The molecule has 2 aromatic carbocycles. The van der Waals surface area contributed by atoms with Crippen LogP contribution in [-0.2, 0) is 6.61 Å². The average molecular weight is 531 g/mol. The van der Waals surface area contributed by atoms with Gasteiger partial charge in [0.1, 0.15) is 18.2 Å². The number of rotatable bonds is 10. The second kappa shape index (κ2) is 11.8. The predicted molar refractivity (Wildman–Crippen MR) is 138 cm³/mol. The van der Waals surface area contributed by atoms with Gasteiger partial charge < -0.3 is 34.6 Å². The third-order valence-corrected chi connectivity index (χ3v) is 6.94. The standard InChI is InChI=1S/C27H32F2N4O5/c1-17-10-23(37-3)25(29)20(24(17)28)14-38-19-12-30-26(31-13-19)32-18-4-5-21(22(11-18)36-2)33-8-6-27(15-34,16-35)7-9-33/h4-5,10-13,34-35H,6-9,14-16H2,1-3H3,(H,30,31,32). The number of aliphatic hydroxyl groups excluding tert-OH is 2.